The summed E-state index contributed by atoms with van der Waals surface area (Å²) in [6.07, 6.45) is -3.57. The van der Waals surface area contributed by atoms with Gasteiger partial charge in [-0.25, -0.2) is 0 Å². The molecule has 1 unspecified atom stereocenters. The summed E-state index contributed by atoms with van der Waals surface area (Å²) in [4.78, 5) is 6.33. The number of benzene rings is 3. The van der Waals surface area contributed by atoms with Crippen molar-refractivity contribution in [2.75, 3.05) is 6.54 Å². The van der Waals surface area contributed by atoms with Crippen molar-refractivity contribution in [1.29, 1.82) is 0 Å². The molecule has 212 valence electrons. The van der Waals surface area contributed by atoms with Crippen LogP contribution in [-0.2, 0) is 38.9 Å². The smallest absolute Gasteiger partial charge is 0.668 e. The Bertz CT molecular complexity index is 1530. The van der Waals surface area contributed by atoms with Gasteiger partial charge in [0.1, 0.15) is 0 Å². The Balaban J connectivity index is 0.000000229. The maximum Gasteiger partial charge on any atom is 3.00 e. The van der Waals surface area contributed by atoms with Crippen molar-refractivity contribution in [2.24, 2.45) is 0 Å². The van der Waals surface area contributed by atoms with Crippen LogP contribution in [0.15, 0.2) is 85.3 Å². The maximum absolute atomic E-state index is 13.1. The van der Waals surface area contributed by atoms with E-state index >= 15 is 0 Å². The van der Waals surface area contributed by atoms with Gasteiger partial charge in [-0.2, -0.15) is 67.9 Å². The summed E-state index contributed by atoms with van der Waals surface area (Å²) in [7, 11) is 0. The molecule has 0 spiro atoms. The zero-order chi connectivity index (χ0) is 28.5. The van der Waals surface area contributed by atoms with Crippen LogP contribution >= 0.6 is 0 Å². The van der Waals surface area contributed by atoms with Gasteiger partial charge in [-0.05, 0) is 52.8 Å². The van der Waals surface area contributed by atoms with E-state index in [1.54, 1.807) is 25.1 Å². The average molecular weight is 743 g/mol. The van der Waals surface area contributed by atoms with Crippen LogP contribution in [0.25, 0.3) is 27.7 Å². The van der Waals surface area contributed by atoms with Crippen molar-refractivity contribution in [1.82, 2.24) is 9.88 Å². The summed E-state index contributed by atoms with van der Waals surface area (Å²) >= 11 is 0. The maximum atomic E-state index is 13.1. The Kier molecular flexibility index (Phi) is 8.94. The summed E-state index contributed by atoms with van der Waals surface area (Å²) in [5.74, 6) is 0. The fraction of sp³-hybridized carbons (Fsp3) is 0.194. The van der Waals surface area contributed by atoms with Gasteiger partial charge in [0.2, 0.25) is 0 Å². The molecule has 6 rings (SSSR count). The summed E-state index contributed by atoms with van der Waals surface area (Å²) in [6.45, 7) is 2.87. The molecule has 1 atom stereocenters. The molecular formula is C31H22F6IrN3. The second-order valence-electron chi connectivity index (χ2n) is 9.32. The fourth-order valence-corrected chi connectivity index (χ4v) is 4.71. The van der Waals surface area contributed by atoms with E-state index < -0.39 is 23.5 Å². The van der Waals surface area contributed by atoms with Crippen LogP contribution < -0.4 is 0 Å². The minimum absolute atomic E-state index is 0. The van der Waals surface area contributed by atoms with E-state index in [0.29, 0.717) is 6.07 Å². The van der Waals surface area contributed by atoms with Gasteiger partial charge < -0.3 is 15.2 Å². The van der Waals surface area contributed by atoms with Crippen LogP contribution in [0.2, 0.25) is 0 Å². The monoisotopic (exact) mass is 743 g/mol. The Hall–Kier alpha value is -3.62. The van der Waals surface area contributed by atoms with Crippen molar-refractivity contribution in [3.8, 4) is 22.4 Å². The van der Waals surface area contributed by atoms with Crippen LogP contribution in [0, 0.1) is 19.1 Å². The predicted octanol–water partition coefficient (Wildman–Crippen LogP) is 8.76. The van der Waals surface area contributed by atoms with Crippen LogP contribution in [-0.4, -0.2) is 16.4 Å². The third kappa shape index (κ3) is 6.66. The molecule has 4 aromatic rings. The molecule has 1 aromatic heterocycles. The molecule has 0 amide bonds. The number of nitrogens with zero attached hydrogens (tertiary/aromatic N) is 3. The number of alkyl halides is 6. The molecule has 41 heavy (non-hydrogen) atoms. The second kappa shape index (κ2) is 12.1. The molecule has 0 bridgehead atoms. The van der Waals surface area contributed by atoms with Crippen LogP contribution in [0.4, 0.5) is 26.3 Å². The first-order chi connectivity index (χ1) is 19.0. The first-order valence-corrected chi connectivity index (χ1v) is 12.4. The van der Waals surface area contributed by atoms with E-state index in [1.807, 2.05) is 36.5 Å². The molecule has 2 aliphatic rings. The molecule has 3 nitrogen and oxygen atoms in total. The largest absolute Gasteiger partial charge is 3.00 e. The molecule has 0 saturated carbocycles. The molecule has 0 aliphatic carbocycles. The molecule has 3 heterocycles. The fourth-order valence-electron chi connectivity index (χ4n) is 4.71. The van der Waals surface area contributed by atoms with E-state index in [0.717, 1.165) is 35.7 Å². The second-order valence-corrected chi connectivity index (χ2v) is 9.32. The van der Waals surface area contributed by atoms with E-state index in [2.05, 4.69) is 39.6 Å². The minimum Gasteiger partial charge on any atom is -0.668 e. The van der Waals surface area contributed by atoms with Gasteiger partial charge in [-0.15, -0.1) is 23.8 Å². The summed E-state index contributed by atoms with van der Waals surface area (Å²) < 4.78 is 78.1. The van der Waals surface area contributed by atoms with Gasteiger partial charge in [0.15, 0.2) is 0 Å². The standard InChI is InChI=1S/C20H12F6N.C11H10N2.Ir/c1-12-11-27-18(10-15(12)13-5-3-2-4-6-13)14-7-8-16(19(21,22)23)17(9-14)20(24,25)26;1-2-4-10-9(3-1)5-7-13-8-6-12-11(10)13;/h2-8,10-11H,1H3;1-3,6,8,11H,5,7H2;/q-1;-2;+3. The topological polar surface area (TPSA) is 30.2 Å². The molecule has 10 heteroatoms. The van der Waals surface area contributed by atoms with Gasteiger partial charge >= 0.3 is 32.5 Å². The Labute approximate surface area is 247 Å². The van der Waals surface area contributed by atoms with Gasteiger partial charge in [0.25, 0.3) is 0 Å². The van der Waals surface area contributed by atoms with Crippen molar-refractivity contribution >= 4 is 0 Å². The predicted molar refractivity (Wildman–Crippen MR) is 140 cm³/mol. The summed E-state index contributed by atoms with van der Waals surface area (Å²) in [5.41, 5.74) is 1.31. The van der Waals surface area contributed by atoms with E-state index in [1.165, 1.54) is 17.3 Å². The molecule has 0 N–H and O–H groups in total. The normalized spacial score (nSPS) is 15.6. The van der Waals surface area contributed by atoms with Crippen LogP contribution in [0.3, 0.4) is 0 Å². The summed E-state index contributed by atoms with van der Waals surface area (Å²) in [5, 5.41) is 4.41. The average Bonchev–Trinajstić information content (AvgIpc) is 3.43. The van der Waals surface area contributed by atoms with Crippen LogP contribution in [0.5, 0.6) is 0 Å². The molecule has 3 aromatic carbocycles. The van der Waals surface area contributed by atoms with Crippen molar-refractivity contribution in [3.05, 3.63) is 131 Å². The minimum atomic E-state index is -5.19. The number of pyridine rings is 1. The van der Waals surface area contributed by atoms with Gasteiger partial charge in [-0.1, -0.05) is 42.8 Å². The molecule has 2 aliphatic heterocycles. The van der Waals surface area contributed by atoms with E-state index in [-0.39, 0.29) is 37.5 Å². The van der Waals surface area contributed by atoms with Crippen molar-refractivity contribution in [2.45, 2.75) is 31.9 Å². The zero-order valence-corrected chi connectivity index (χ0v) is 23.9. The number of fused-ring (bicyclic) bond motifs is 3. The number of hydrogen-bond donors (Lipinski definition) is 0. The Morgan fingerprint density at radius 2 is 1.71 bits per heavy atom. The number of halogens is 6. The van der Waals surface area contributed by atoms with Crippen LogP contribution in [0.1, 0.15) is 34.0 Å². The van der Waals surface area contributed by atoms with E-state index in [9.17, 15) is 26.3 Å². The van der Waals surface area contributed by atoms with Gasteiger partial charge in [0, 0.05) is 12.7 Å². The van der Waals surface area contributed by atoms with Gasteiger partial charge in [0.05, 0.1) is 0 Å². The number of aryl methyl sites for hydroxylation is 1. The molecule has 0 fully saturated rings. The summed E-state index contributed by atoms with van der Waals surface area (Å²) in [6, 6.07) is 23.3. The number of rotatable bonds is 2. The zero-order valence-electron chi connectivity index (χ0n) is 21.5. The van der Waals surface area contributed by atoms with E-state index in [4.69, 9.17) is 0 Å². The van der Waals surface area contributed by atoms with Crippen molar-refractivity contribution in [3.63, 3.8) is 0 Å². The SMILES string of the molecule is Cc1cnc(-c2[c-]c(C(F)(F)F)c(C(F)(F)F)cc2)cc1-c1ccccc1.[Ir+3].[c-]1cccc2c1C1[N-]C=CN1CC2. The first-order valence-electron chi connectivity index (χ1n) is 12.4. The molecular weight excluding hydrogens is 721 g/mol. The third-order valence-electron chi connectivity index (χ3n) is 6.67. The Morgan fingerprint density at radius 3 is 2.41 bits per heavy atom. The van der Waals surface area contributed by atoms with Crippen molar-refractivity contribution < 1.29 is 46.4 Å². The molecule has 0 radical (unpaired) electrons. The quantitative estimate of drug-likeness (QED) is 0.152. The first kappa shape index (κ1) is 30.3. The Morgan fingerprint density at radius 1 is 0.951 bits per heavy atom. The molecule has 0 saturated heterocycles. The number of hydrogen-bond acceptors (Lipinski definition) is 2. The number of aromatic nitrogens is 1. The van der Waals surface area contributed by atoms with Gasteiger partial charge in [-0.3, -0.25) is 0 Å². The third-order valence-corrected chi connectivity index (χ3v) is 6.67.